The first-order chi connectivity index (χ1) is 10.1. The number of hydrogen-bond donors (Lipinski definition) is 2. The van der Waals surface area contributed by atoms with Crippen LogP contribution in [0.25, 0.3) is 0 Å². The molecule has 4 nitrogen and oxygen atoms in total. The third kappa shape index (κ3) is 4.00. The van der Waals surface area contributed by atoms with E-state index in [1.54, 1.807) is 36.4 Å². The van der Waals surface area contributed by atoms with Gasteiger partial charge in [0.2, 0.25) is 0 Å². The Hall–Kier alpha value is -1.98. The molecule has 0 fully saturated rings. The highest BCUT2D eigenvalue weighted by molar-refractivity contribution is 7.98. The molecule has 108 valence electrons. The molecule has 0 aliphatic rings. The standard InChI is InChI=1S/C15H13ClN2O2S/c1-21-11-7-8-13(16)12(9-11)15(20)18-17-14(19)10-5-3-2-4-6-10/h2-9H,1H3,(H,17,19)(H,18,20). The van der Waals surface area contributed by atoms with Crippen molar-refractivity contribution in [3.63, 3.8) is 0 Å². The molecule has 0 spiro atoms. The quantitative estimate of drug-likeness (QED) is 0.674. The lowest BCUT2D eigenvalue weighted by Gasteiger charge is -2.09. The minimum Gasteiger partial charge on any atom is -0.267 e. The van der Waals surface area contributed by atoms with Crippen molar-refractivity contribution < 1.29 is 9.59 Å². The largest absolute Gasteiger partial charge is 0.271 e. The van der Waals surface area contributed by atoms with Gasteiger partial charge in [-0.25, -0.2) is 0 Å². The van der Waals surface area contributed by atoms with Gasteiger partial charge in [0.1, 0.15) is 0 Å². The molecular weight excluding hydrogens is 308 g/mol. The topological polar surface area (TPSA) is 58.2 Å². The number of halogens is 1. The van der Waals surface area contributed by atoms with Crippen molar-refractivity contribution in [2.45, 2.75) is 4.90 Å². The summed E-state index contributed by atoms with van der Waals surface area (Å²) in [6.07, 6.45) is 1.90. The molecule has 0 aromatic heterocycles. The summed E-state index contributed by atoms with van der Waals surface area (Å²) in [5.41, 5.74) is 5.49. The molecule has 0 aliphatic heterocycles. The summed E-state index contributed by atoms with van der Waals surface area (Å²) in [6, 6.07) is 13.8. The average molecular weight is 321 g/mol. The maximum Gasteiger partial charge on any atom is 0.271 e. The summed E-state index contributed by atoms with van der Waals surface area (Å²) in [5.74, 6) is -0.846. The number of amides is 2. The molecule has 0 saturated carbocycles. The second kappa shape index (κ2) is 7.15. The summed E-state index contributed by atoms with van der Waals surface area (Å²) in [6.45, 7) is 0. The maximum atomic E-state index is 12.0. The number of carbonyl (C=O) groups is 2. The summed E-state index contributed by atoms with van der Waals surface area (Å²) >= 11 is 7.50. The zero-order chi connectivity index (χ0) is 15.2. The molecule has 2 rings (SSSR count). The fourth-order valence-electron chi connectivity index (χ4n) is 1.65. The van der Waals surface area contributed by atoms with Crippen molar-refractivity contribution in [2.75, 3.05) is 6.26 Å². The molecule has 2 aromatic carbocycles. The average Bonchev–Trinajstić information content (AvgIpc) is 2.53. The molecule has 0 radical (unpaired) electrons. The minimum atomic E-state index is -0.458. The van der Waals surface area contributed by atoms with Gasteiger partial charge in [0.15, 0.2) is 0 Å². The van der Waals surface area contributed by atoms with Crippen molar-refractivity contribution in [2.24, 2.45) is 0 Å². The van der Waals surface area contributed by atoms with E-state index in [0.29, 0.717) is 16.1 Å². The summed E-state index contributed by atoms with van der Waals surface area (Å²) < 4.78 is 0. The van der Waals surface area contributed by atoms with Gasteiger partial charge < -0.3 is 0 Å². The molecule has 0 bridgehead atoms. The van der Waals surface area contributed by atoms with Crippen LogP contribution in [0, 0.1) is 0 Å². The van der Waals surface area contributed by atoms with Crippen LogP contribution in [-0.2, 0) is 0 Å². The van der Waals surface area contributed by atoms with E-state index in [2.05, 4.69) is 10.9 Å². The van der Waals surface area contributed by atoms with E-state index in [9.17, 15) is 9.59 Å². The molecule has 6 heteroatoms. The molecule has 21 heavy (non-hydrogen) atoms. The third-order valence-corrected chi connectivity index (χ3v) is 3.80. The van der Waals surface area contributed by atoms with Gasteiger partial charge in [-0.2, -0.15) is 0 Å². The molecule has 2 amide bonds. The van der Waals surface area contributed by atoms with E-state index >= 15 is 0 Å². The lowest BCUT2D eigenvalue weighted by atomic mass is 10.2. The number of nitrogens with one attached hydrogen (secondary N) is 2. The van der Waals surface area contributed by atoms with Crippen molar-refractivity contribution in [1.82, 2.24) is 10.9 Å². The Kier molecular flexibility index (Phi) is 5.25. The summed E-state index contributed by atoms with van der Waals surface area (Å²) in [7, 11) is 0. The molecule has 0 heterocycles. The van der Waals surface area contributed by atoms with Gasteiger partial charge in [-0.3, -0.25) is 20.4 Å². The van der Waals surface area contributed by atoms with Crippen molar-refractivity contribution in [3.05, 3.63) is 64.7 Å². The Bertz CT molecular complexity index is 662. The second-order valence-corrected chi connectivity index (χ2v) is 5.41. The van der Waals surface area contributed by atoms with Gasteiger partial charge in [-0.1, -0.05) is 29.8 Å². The lowest BCUT2D eigenvalue weighted by molar-refractivity contribution is 0.0846. The normalized spacial score (nSPS) is 10.0. The number of carbonyl (C=O) groups excluding carboxylic acids is 2. The number of rotatable bonds is 3. The van der Waals surface area contributed by atoms with Crippen LogP contribution in [0.15, 0.2) is 53.4 Å². The minimum absolute atomic E-state index is 0.317. The highest BCUT2D eigenvalue weighted by Crippen LogP contribution is 2.22. The highest BCUT2D eigenvalue weighted by Gasteiger charge is 2.12. The van der Waals surface area contributed by atoms with Crippen LogP contribution < -0.4 is 10.9 Å². The van der Waals surface area contributed by atoms with Crippen LogP contribution in [0.3, 0.4) is 0 Å². The maximum absolute atomic E-state index is 12.0. The molecule has 0 atom stereocenters. The van der Waals surface area contributed by atoms with Gasteiger partial charge >= 0.3 is 0 Å². The predicted octanol–water partition coefficient (Wildman–Crippen LogP) is 3.14. The Balaban J connectivity index is 2.04. The molecule has 0 saturated heterocycles. The third-order valence-electron chi connectivity index (χ3n) is 2.74. The molecule has 2 aromatic rings. The summed E-state index contributed by atoms with van der Waals surface area (Å²) in [4.78, 5) is 24.8. The number of thioether (sulfide) groups is 1. The number of hydrazine groups is 1. The SMILES string of the molecule is CSc1ccc(Cl)c(C(=O)NNC(=O)c2ccccc2)c1. The Labute approximate surface area is 131 Å². The fraction of sp³-hybridized carbons (Fsp3) is 0.0667. The first-order valence-electron chi connectivity index (χ1n) is 6.11. The van der Waals surface area contributed by atoms with E-state index < -0.39 is 5.91 Å². The van der Waals surface area contributed by atoms with E-state index in [1.165, 1.54) is 11.8 Å². The van der Waals surface area contributed by atoms with Crippen molar-refractivity contribution >= 4 is 35.2 Å². The van der Waals surface area contributed by atoms with Crippen LogP contribution in [0.2, 0.25) is 5.02 Å². The second-order valence-electron chi connectivity index (χ2n) is 4.12. The van der Waals surface area contributed by atoms with Crippen LogP contribution in [-0.4, -0.2) is 18.1 Å². The fourth-order valence-corrected chi connectivity index (χ4v) is 2.29. The zero-order valence-electron chi connectivity index (χ0n) is 11.2. The van der Waals surface area contributed by atoms with E-state index in [4.69, 9.17) is 11.6 Å². The lowest BCUT2D eigenvalue weighted by Crippen LogP contribution is -2.41. The van der Waals surface area contributed by atoms with Gasteiger partial charge in [0, 0.05) is 10.5 Å². The Morgan fingerprint density at radius 2 is 1.67 bits per heavy atom. The Morgan fingerprint density at radius 1 is 1.00 bits per heavy atom. The van der Waals surface area contributed by atoms with Crippen LogP contribution >= 0.6 is 23.4 Å². The first-order valence-corrected chi connectivity index (χ1v) is 7.71. The van der Waals surface area contributed by atoms with Crippen molar-refractivity contribution in [3.8, 4) is 0 Å². The zero-order valence-corrected chi connectivity index (χ0v) is 12.8. The molecular formula is C15H13ClN2O2S. The van der Waals surface area contributed by atoms with Gasteiger partial charge in [-0.15, -0.1) is 11.8 Å². The van der Waals surface area contributed by atoms with Gasteiger partial charge in [0.25, 0.3) is 11.8 Å². The molecule has 0 aliphatic carbocycles. The van der Waals surface area contributed by atoms with Crippen LogP contribution in [0.5, 0.6) is 0 Å². The number of hydrogen-bond acceptors (Lipinski definition) is 3. The van der Waals surface area contributed by atoms with Crippen molar-refractivity contribution in [1.29, 1.82) is 0 Å². The molecule has 0 unspecified atom stereocenters. The van der Waals surface area contributed by atoms with E-state index in [1.807, 2.05) is 18.4 Å². The van der Waals surface area contributed by atoms with Gasteiger partial charge in [0.05, 0.1) is 10.6 Å². The van der Waals surface area contributed by atoms with E-state index in [0.717, 1.165) is 4.90 Å². The summed E-state index contributed by atoms with van der Waals surface area (Å²) in [5, 5.41) is 0.333. The highest BCUT2D eigenvalue weighted by atomic mass is 35.5. The number of benzene rings is 2. The predicted molar refractivity (Wildman–Crippen MR) is 84.6 cm³/mol. The monoisotopic (exact) mass is 320 g/mol. The van der Waals surface area contributed by atoms with Crippen LogP contribution in [0.4, 0.5) is 0 Å². The first kappa shape index (κ1) is 15.4. The molecule has 2 N–H and O–H groups in total. The van der Waals surface area contributed by atoms with Crippen LogP contribution in [0.1, 0.15) is 20.7 Å². The van der Waals surface area contributed by atoms with E-state index in [-0.39, 0.29) is 5.91 Å². The Morgan fingerprint density at radius 3 is 2.33 bits per heavy atom. The smallest absolute Gasteiger partial charge is 0.267 e. The van der Waals surface area contributed by atoms with Gasteiger partial charge in [-0.05, 0) is 36.6 Å².